The summed E-state index contributed by atoms with van der Waals surface area (Å²) in [4.78, 5) is 13.7. The normalized spacial score (nSPS) is 17.6. The van der Waals surface area contributed by atoms with Crippen LogP contribution < -0.4 is 9.62 Å². The molecule has 1 saturated heterocycles. The van der Waals surface area contributed by atoms with Crippen LogP contribution in [0.5, 0.6) is 0 Å². The van der Waals surface area contributed by atoms with E-state index in [2.05, 4.69) is 4.72 Å². The van der Waals surface area contributed by atoms with Gasteiger partial charge in [0.25, 0.3) is 0 Å². The molecule has 25 heavy (non-hydrogen) atoms. The quantitative estimate of drug-likeness (QED) is 0.865. The Hall–Kier alpha value is -2.09. The molecule has 0 bridgehead atoms. The van der Waals surface area contributed by atoms with Crippen molar-refractivity contribution in [1.29, 1.82) is 0 Å². The predicted octanol–water partition coefficient (Wildman–Crippen LogP) is 2.95. The number of carbonyl (C=O) groups excluding carboxylic acids is 1. The zero-order chi connectivity index (χ0) is 18.0. The number of amides is 1. The minimum absolute atomic E-state index is 0.00645. The fourth-order valence-corrected chi connectivity index (χ4v) is 4.03. The fourth-order valence-electron chi connectivity index (χ4n) is 2.60. The van der Waals surface area contributed by atoms with E-state index in [9.17, 15) is 13.2 Å². The van der Waals surface area contributed by atoms with Gasteiger partial charge in [0.2, 0.25) is 10.0 Å². The third kappa shape index (κ3) is 3.95. The van der Waals surface area contributed by atoms with Gasteiger partial charge in [-0.05, 0) is 42.8 Å². The van der Waals surface area contributed by atoms with Crippen molar-refractivity contribution in [2.45, 2.75) is 17.9 Å². The summed E-state index contributed by atoms with van der Waals surface area (Å²) in [5.41, 5.74) is 1.31. The summed E-state index contributed by atoms with van der Waals surface area (Å²) in [6, 6.07) is 13.5. The number of aryl methyl sites for hydroxylation is 1. The van der Waals surface area contributed by atoms with E-state index in [0.717, 1.165) is 0 Å². The highest BCUT2D eigenvalue weighted by molar-refractivity contribution is 7.89. The lowest BCUT2D eigenvalue weighted by Gasteiger charge is -2.13. The van der Waals surface area contributed by atoms with Gasteiger partial charge < -0.3 is 4.74 Å². The van der Waals surface area contributed by atoms with E-state index in [1.165, 1.54) is 4.90 Å². The molecule has 1 unspecified atom stereocenters. The van der Waals surface area contributed by atoms with Gasteiger partial charge in [0.1, 0.15) is 6.10 Å². The fraction of sp³-hybridized carbons (Fsp3) is 0.235. The SMILES string of the molecule is Cc1ccccc1S(=O)(=O)NCC1CN(c2ccc(Cl)cc2)C(=O)O1. The Bertz CT molecular complexity index is 884. The molecular weight excluding hydrogens is 364 g/mol. The van der Waals surface area contributed by atoms with Gasteiger partial charge in [0.05, 0.1) is 11.4 Å². The Morgan fingerprint density at radius 2 is 1.88 bits per heavy atom. The second-order valence-electron chi connectivity index (χ2n) is 5.71. The topological polar surface area (TPSA) is 75.7 Å². The first-order valence-corrected chi connectivity index (χ1v) is 9.52. The molecule has 6 nitrogen and oxygen atoms in total. The lowest BCUT2D eigenvalue weighted by atomic mass is 10.2. The maximum atomic E-state index is 12.4. The van der Waals surface area contributed by atoms with Crippen molar-refractivity contribution in [2.75, 3.05) is 18.0 Å². The number of benzene rings is 2. The largest absolute Gasteiger partial charge is 0.443 e. The van der Waals surface area contributed by atoms with Gasteiger partial charge in [-0.1, -0.05) is 29.8 Å². The number of cyclic esters (lactones) is 1. The van der Waals surface area contributed by atoms with Crippen LogP contribution in [-0.2, 0) is 14.8 Å². The molecule has 1 heterocycles. The van der Waals surface area contributed by atoms with Crippen molar-refractivity contribution >= 4 is 33.4 Å². The molecule has 1 N–H and O–H groups in total. The van der Waals surface area contributed by atoms with Crippen LogP contribution in [0.4, 0.5) is 10.5 Å². The van der Waals surface area contributed by atoms with Gasteiger partial charge in [-0.25, -0.2) is 17.9 Å². The third-order valence-corrected chi connectivity index (χ3v) is 5.73. The van der Waals surface area contributed by atoms with Crippen LogP contribution in [-0.4, -0.2) is 33.7 Å². The van der Waals surface area contributed by atoms with Crippen molar-refractivity contribution in [3.8, 4) is 0 Å². The molecule has 0 aromatic heterocycles. The van der Waals surface area contributed by atoms with Gasteiger partial charge in [-0.15, -0.1) is 0 Å². The van der Waals surface area contributed by atoms with Crippen LogP contribution in [0.25, 0.3) is 0 Å². The summed E-state index contributed by atoms with van der Waals surface area (Å²) in [5.74, 6) is 0. The molecule has 8 heteroatoms. The molecule has 1 aliphatic rings. The lowest BCUT2D eigenvalue weighted by molar-refractivity contribution is 0.143. The Balaban J connectivity index is 1.66. The van der Waals surface area contributed by atoms with E-state index in [4.69, 9.17) is 16.3 Å². The van der Waals surface area contributed by atoms with E-state index in [1.807, 2.05) is 0 Å². The molecule has 3 rings (SSSR count). The van der Waals surface area contributed by atoms with Gasteiger partial charge >= 0.3 is 6.09 Å². The smallest absolute Gasteiger partial charge is 0.414 e. The number of ether oxygens (including phenoxy) is 1. The maximum Gasteiger partial charge on any atom is 0.414 e. The van der Waals surface area contributed by atoms with Gasteiger partial charge in [0, 0.05) is 17.3 Å². The number of nitrogens with zero attached hydrogens (tertiary/aromatic N) is 1. The van der Waals surface area contributed by atoms with Crippen molar-refractivity contribution in [3.05, 3.63) is 59.1 Å². The number of carbonyl (C=O) groups is 1. The summed E-state index contributed by atoms with van der Waals surface area (Å²) >= 11 is 5.84. The summed E-state index contributed by atoms with van der Waals surface area (Å²) < 4.78 is 32.6. The average Bonchev–Trinajstić information content (AvgIpc) is 2.95. The molecule has 1 atom stereocenters. The summed E-state index contributed by atoms with van der Waals surface area (Å²) in [7, 11) is -3.66. The highest BCUT2D eigenvalue weighted by Gasteiger charge is 2.33. The van der Waals surface area contributed by atoms with E-state index >= 15 is 0 Å². The van der Waals surface area contributed by atoms with Crippen molar-refractivity contribution in [3.63, 3.8) is 0 Å². The van der Waals surface area contributed by atoms with Gasteiger partial charge in [0.15, 0.2) is 0 Å². The second kappa shape index (κ2) is 7.03. The molecule has 0 aliphatic carbocycles. The van der Waals surface area contributed by atoms with E-state index in [0.29, 0.717) is 16.3 Å². The Morgan fingerprint density at radius 3 is 2.56 bits per heavy atom. The van der Waals surface area contributed by atoms with Gasteiger partial charge in [-0.2, -0.15) is 0 Å². The molecule has 1 fully saturated rings. The van der Waals surface area contributed by atoms with Crippen LogP contribution in [0.2, 0.25) is 5.02 Å². The predicted molar refractivity (Wildman–Crippen MR) is 95.4 cm³/mol. The van der Waals surface area contributed by atoms with Crippen LogP contribution >= 0.6 is 11.6 Å². The Kier molecular flexibility index (Phi) is 4.99. The maximum absolute atomic E-state index is 12.4. The summed E-state index contributed by atoms with van der Waals surface area (Å²) in [6.45, 7) is 2.00. The number of halogens is 1. The minimum atomic E-state index is -3.66. The van der Waals surface area contributed by atoms with E-state index in [1.54, 1.807) is 55.5 Å². The van der Waals surface area contributed by atoms with Crippen LogP contribution in [0, 0.1) is 6.92 Å². The standard InChI is InChI=1S/C17H17ClN2O4S/c1-12-4-2-3-5-16(12)25(22,23)19-10-15-11-20(17(21)24-15)14-8-6-13(18)7-9-14/h2-9,15,19H,10-11H2,1H3. The third-order valence-electron chi connectivity index (χ3n) is 3.90. The zero-order valence-electron chi connectivity index (χ0n) is 13.5. The minimum Gasteiger partial charge on any atom is -0.443 e. The first-order chi connectivity index (χ1) is 11.9. The molecule has 2 aromatic rings. The number of rotatable bonds is 5. The van der Waals surface area contributed by atoms with Crippen LogP contribution in [0.15, 0.2) is 53.4 Å². The van der Waals surface area contributed by atoms with Gasteiger partial charge in [-0.3, -0.25) is 4.90 Å². The molecule has 1 amide bonds. The number of sulfonamides is 1. The van der Waals surface area contributed by atoms with Crippen molar-refractivity contribution in [1.82, 2.24) is 4.72 Å². The zero-order valence-corrected chi connectivity index (χ0v) is 15.0. The lowest BCUT2D eigenvalue weighted by Crippen LogP contribution is -2.34. The number of hydrogen-bond acceptors (Lipinski definition) is 4. The molecule has 0 saturated carbocycles. The Labute approximate surface area is 151 Å². The number of hydrogen-bond donors (Lipinski definition) is 1. The Morgan fingerprint density at radius 1 is 1.20 bits per heavy atom. The first-order valence-electron chi connectivity index (χ1n) is 7.66. The number of anilines is 1. The highest BCUT2D eigenvalue weighted by atomic mass is 35.5. The van der Waals surface area contributed by atoms with E-state index in [-0.39, 0.29) is 18.0 Å². The van der Waals surface area contributed by atoms with Crippen molar-refractivity contribution in [2.24, 2.45) is 0 Å². The molecule has 2 aromatic carbocycles. The summed E-state index contributed by atoms with van der Waals surface area (Å²) in [6.07, 6.45) is -1.08. The first kappa shape index (κ1) is 17.7. The highest BCUT2D eigenvalue weighted by Crippen LogP contribution is 2.23. The average molecular weight is 381 g/mol. The monoisotopic (exact) mass is 380 g/mol. The van der Waals surface area contributed by atoms with Crippen LogP contribution in [0.3, 0.4) is 0 Å². The molecule has 132 valence electrons. The second-order valence-corrected chi connectivity index (χ2v) is 7.88. The molecule has 0 spiro atoms. The molecule has 0 radical (unpaired) electrons. The number of nitrogens with one attached hydrogen (secondary N) is 1. The van der Waals surface area contributed by atoms with E-state index < -0.39 is 22.2 Å². The summed E-state index contributed by atoms with van der Waals surface area (Å²) in [5, 5.41) is 0.568. The molecule has 1 aliphatic heterocycles. The molecular formula is C17H17ClN2O4S. The van der Waals surface area contributed by atoms with Crippen LogP contribution in [0.1, 0.15) is 5.56 Å². The van der Waals surface area contributed by atoms with Crippen molar-refractivity contribution < 1.29 is 17.9 Å².